The maximum absolute atomic E-state index is 13.0. The van der Waals surface area contributed by atoms with Crippen LogP contribution in [0.3, 0.4) is 0 Å². The second kappa shape index (κ2) is 12.6. The van der Waals surface area contributed by atoms with Crippen LogP contribution in [0.15, 0.2) is 23.2 Å². The lowest BCUT2D eigenvalue weighted by molar-refractivity contribution is -0.136. The molecule has 0 atom stereocenters. The fourth-order valence-electron chi connectivity index (χ4n) is 6.03. The zero-order chi connectivity index (χ0) is 28.2. The topological polar surface area (TPSA) is 65.0 Å². The summed E-state index contributed by atoms with van der Waals surface area (Å²) in [6.45, 7) is 3.65. The van der Waals surface area contributed by atoms with E-state index in [9.17, 15) is 22.8 Å². The van der Waals surface area contributed by atoms with Crippen LogP contribution in [-0.2, 0) is 11.2 Å². The molecule has 0 bridgehead atoms. The minimum Gasteiger partial charge on any atom is -0.345 e. The number of alkyl halides is 3. The van der Waals surface area contributed by atoms with Gasteiger partial charge in [0.05, 0.1) is 0 Å². The van der Waals surface area contributed by atoms with Gasteiger partial charge in [-0.2, -0.15) is 13.2 Å². The van der Waals surface area contributed by atoms with Gasteiger partial charge in [0.2, 0.25) is 0 Å². The lowest BCUT2D eigenvalue weighted by Gasteiger charge is -2.34. The highest BCUT2D eigenvalue weighted by Gasteiger charge is 2.47. The molecule has 0 aromatic heterocycles. The first kappa shape index (κ1) is 29.9. The molecule has 1 saturated carbocycles. The van der Waals surface area contributed by atoms with Gasteiger partial charge < -0.3 is 10.2 Å². The summed E-state index contributed by atoms with van der Waals surface area (Å²) in [5, 5.41) is 3.08. The van der Waals surface area contributed by atoms with Crippen molar-refractivity contribution in [3.05, 3.63) is 34.9 Å². The number of hydrogen-bond acceptors (Lipinski definition) is 5. The Morgan fingerprint density at radius 3 is 2.49 bits per heavy atom. The Kier molecular flexibility index (Phi) is 9.68. The van der Waals surface area contributed by atoms with Crippen LogP contribution in [0.1, 0.15) is 79.3 Å². The van der Waals surface area contributed by atoms with E-state index in [1.165, 1.54) is 5.56 Å². The Labute approximate surface area is 234 Å². The first-order valence-corrected chi connectivity index (χ1v) is 15.1. The predicted octanol–water partition coefficient (Wildman–Crippen LogP) is 5.79. The number of carbonyl (C=O) groups is 2. The largest absolute Gasteiger partial charge is 0.389 e. The molecule has 6 nitrogen and oxygen atoms in total. The van der Waals surface area contributed by atoms with Crippen molar-refractivity contribution >= 4 is 29.6 Å². The third kappa shape index (κ3) is 7.78. The van der Waals surface area contributed by atoms with Crippen LogP contribution >= 0.6 is 11.9 Å². The average Bonchev–Trinajstić information content (AvgIpc) is 3.20. The van der Waals surface area contributed by atoms with Gasteiger partial charge in [-0.25, -0.2) is 0 Å². The number of piperidine rings is 1. The quantitative estimate of drug-likeness (QED) is 0.385. The van der Waals surface area contributed by atoms with Crippen molar-refractivity contribution in [3.8, 4) is 0 Å². The van der Waals surface area contributed by atoms with Gasteiger partial charge in [0, 0.05) is 50.8 Å². The molecule has 0 radical (unpaired) electrons. The molecule has 39 heavy (non-hydrogen) atoms. The summed E-state index contributed by atoms with van der Waals surface area (Å²) in [5.41, 5.74) is 2.41. The lowest BCUT2D eigenvalue weighted by atomic mass is 9.79. The Balaban J connectivity index is 1.21. The molecule has 0 unspecified atom stereocenters. The number of aliphatic imine (C=N–C) groups is 1. The first-order valence-electron chi connectivity index (χ1n) is 14.1. The zero-order valence-electron chi connectivity index (χ0n) is 23.3. The Hall–Kier alpha value is -2.07. The molecule has 1 aromatic rings. The van der Waals surface area contributed by atoms with Crippen molar-refractivity contribution in [2.24, 2.45) is 16.8 Å². The van der Waals surface area contributed by atoms with Crippen LogP contribution in [0.2, 0.25) is 0 Å². The van der Waals surface area contributed by atoms with Crippen molar-refractivity contribution in [1.29, 1.82) is 0 Å². The molecule has 1 aromatic carbocycles. The van der Waals surface area contributed by atoms with Gasteiger partial charge in [-0.1, -0.05) is 24.4 Å². The summed E-state index contributed by atoms with van der Waals surface area (Å²) in [6.07, 6.45) is 1.96. The normalized spacial score (nSPS) is 23.5. The highest BCUT2D eigenvalue weighted by atomic mass is 32.2. The van der Waals surface area contributed by atoms with E-state index in [4.69, 9.17) is 4.99 Å². The summed E-state index contributed by atoms with van der Waals surface area (Å²) in [6, 6.07) is 5.91. The molecule has 2 fully saturated rings. The van der Waals surface area contributed by atoms with Crippen molar-refractivity contribution < 1.29 is 22.8 Å². The number of carbonyl (C=O) groups excluding carboxylic acids is 2. The van der Waals surface area contributed by atoms with Crippen LogP contribution < -0.4 is 5.32 Å². The van der Waals surface area contributed by atoms with Gasteiger partial charge in [-0.15, -0.1) is 0 Å². The summed E-state index contributed by atoms with van der Waals surface area (Å²) < 4.78 is 39.7. The molecule has 2 amide bonds. The minimum atomic E-state index is -4.07. The van der Waals surface area contributed by atoms with Gasteiger partial charge in [-0.05, 0) is 87.5 Å². The van der Waals surface area contributed by atoms with E-state index < -0.39 is 18.1 Å². The fourth-order valence-corrected chi connectivity index (χ4v) is 7.04. The van der Waals surface area contributed by atoms with Crippen LogP contribution in [-0.4, -0.2) is 71.5 Å². The molecule has 4 rings (SSSR count). The van der Waals surface area contributed by atoms with E-state index in [1.54, 1.807) is 30.9 Å². The maximum Gasteiger partial charge on any atom is 0.389 e. The SMILES string of the molecule is Cc1cc(C(=O)N(C)C)ccc1CCSN1CCC2(CC1)N=C(C1CCC(CCCC(F)(F)F)CC1)NC2=O. The lowest BCUT2D eigenvalue weighted by Crippen LogP contribution is -2.47. The van der Waals surface area contributed by atoms with E-state index in [2.05, 4.69) is 9.62 Å². The molecule has 2 heterocycles. The number of benzene rings is 1. The minimum absolute atomic E-state index is 0.00979. The van der Waals surface area contributed by atoms with E-state index in [-0.39, 0.29) is 24.2 Å². The van der Waals surface area contributed by atoms with Gasteiger partial charge in [-0.3, -0.25) is 18.9 Å². The summed E-state index contributed by atoms with van der Waals surface area (Å²) in [4.78, 5) is 31.7. The number of halogens is 3. The Morgan fingerprint density at radius 2 is 1.87 bits per heavy atom. The number of hydrogen-bond donors (Lipinski definition) is 1. The second-order valence-electron chi connectivity index (χ2n) is 11.6. The van der Waals surface area contributed by atoms with Gasteiger partial charge >= 0.3 is 6.18 Å². The van der Waals surface area contributed by atoms with Crippen LogP contribution in [0.5, 0.6) is 0 Å². The first-order chi connectivity index (χ1) is 18.5. The molecular formula is C29H41F3N4O2S. The number of nitrogens with one attached hydrogen (secondary N) is 1. The van der Waals surface area contributed by atoms with Crippen molar-refractivity contribution in [2.75, 3.05) is 32.9 Å². The van der Waals surface area contributed by atoms with E-state index >= 15 is 0 Å². The third-order valence-corrected chi connectivity index (χ3v) is 9.61. The van der Waals surface area contributed by atoms with Crippen LogP contribution in [0.25, 0.3) is 0 Å². The number of amides is 2. The molecule has 2 aliphatic heterocycles. The molecule has 1 saturated heterocycles. The molecule has 3 aliphatic rings. The Bertz CT molecular complexity index is 1060. The third-order valence-electron chi connectivity index (χ3n) is 8.50. The van der Waals surface area contributed by atoms with Crippen molar-refractivity contribution in [1.82, 2.24) is 14.5 Å². The molecule has 1 N–H and O–H groups in total. The number of amidine groups is 1. The molecule has 1 aliphatic carbocycles. The number of aryl methyl sites for hydroxylation is 2. The molecule has 216 valence electrons. The summed E-state index contributed by atoms with van der Waals surface area (Å²) >= 11 is 1.80. The van der Waals surface area contributed by atoms with E-state index in [0.29, 0.717) is 30.7 Å². The standard InChI is InChI=1S/C29H41F3N4O2S/c1-20-19-24(26(37)35(2)3)11-10-22(20)12-18-39-36-16-14-28(15-17-36)27(38)33-25(34-28)23-8-6-21(7-9-23)5-4-13-29(30,31)32/h10-11,19,21,23H,4-9,12-18H2,1-3H3,(H,33,34,38). The molecule has 10 heteroatoms. The van der Waals surface area contributed by atoms with Crippen LogP contribution in [0.4, 0.5) is 13.2 Å². The zero-order valence-corrected chi connectivity index (χ0v) is 24.1. The maximum atomic E-state index is 13.0. The van der Waals surface area contributed by atoms with Gasteiger partial charge in [0.1, 0.15) is 11.4 Å². The predicted molar refractivity (Wildman–Crippen MR) is 150 cm³/mol. The number of rotatable bonds is 9. The highest BCUT2D eigenvalue weighted by molar-refractivity contribution is 7.97. The fraction of sp³-hybridized carbons (Fsp3) is 0.690. The Morgan fingerprint density at radius 1 is 1.18 bits per heavy atom. The second-order valence-corrected chi connectivity index (χ2v) is 12.7. The summed E-state index contributed by atoms with van der Waals surface area (Å²) in [7, 11) is 3.51. The van der Waals surface area contributed by atoms with E-state index in [1.807, 2.05) is 25.1 Å². The number of nitrogens with zero attached hydrogens (tertiary/aromatic N) is 3. The van der Waals surface area contributed by atoms with Crippen molar-refractivity contribution in [3.63, 3.8) is 0 Å². The van der Waals surface area contributed by atoms with Gasteiger partial charge in [0.25, 0.3) is 11.8 Å². The van der Waals surface area contributed by atoms with E-state index in [0.717, 1.165) is 62.3 Å². The smallest absolute Gasteiger partial charge is 0.345 e. The molecule has 1 spiro atoms. The average molecular weight is 567 g/mol. The monoisotopic (exact) mass is 566 g/mol. The summed E-state index contributed by atoms with van der Waals surface area (Å²) in [5.74, 6) is 2.32. The van der Waals surface area contributed by atoms with Crippen LogP contribution in [0, 0.1) is 18.8 Å². The van der Waals surface area contributed by atoms with Gasteiger partial charge in [0.15, 0.2) is 0 Å². The molecular weight excluding hydrogens is 525 g/mol. The van der Waals surface area contributed by atoms with Crippen molar-refractivity contribution in [2.45, 2.75) is 82.8 Å². The highest BCUT2D eigenvalue weighted by Crippen LogP contribution is 2.38.